The summed E-state index contributed by atoms with van der Waals surface area (Å²) < 4.78 is 1.55. The number of carbonyl (C=O) groups is 2. The molecule has 0 aliphatic carbocycles. The molecule has 0 fully saturated rings. The molecule has 7 heteroatoms. The number of anilines is 1. The Bertz CT molecular complexity index is 1310. The van der Waals surface area contributed by atoms with Crippen LogP contribution in [0.15, 0.2) is 89.2 Å². The number of fused-ring (bicyclic) bond motifs is 1. The summed E-state index contributed by atoms with van der Waals surface area (Å²) in [6.45, 7) is 0. The number of aromatic amines is 1. The van der Waals surface area contributed by atoms with E-state index in [-0.39, 0.29) is 23.7 Å². The number of rotatable bonds is 6. The number of benzene rings is 2. The van der Waals surface area contributed by atoms with E-state index in [0.29, 0.717) is 11.3 Å². The largest absolute Gasteiger partial charge is 0.323 e. The summed E-state index contributed by atoms with van der Waals surface area (Å²) >= 11 is 1.49. The van der Waals surface area contributed by atoms with E-state index in [4.69, 9.17) is 0 Å². The van der Waals surface area contributed by atoms with Crippen LogP contribution in [0, 0.1) is 0 Å². The minimum absolute atomic E-state index is 0.0648. The van der Waals surface area contributed by atoms with E-state index < -0.39 is 11.5 Å². The molecule has 31 heavy (non-hydrogen) atoms. The summed E-state index contributed by atoms with van der Waals surface area (Å²) in [6.07, 6.45) is 1.68. The Morgan fingerprint density at radius 2 is 1.74 bits per heavy atom. The molecular formula is C24H19N3O3S. The van der Waals surface area contributed by atoms with Gasteiger partial charge in [0.15, 0.2) is 11.3 Å². The Morgan fingerprint density at radius 3 is 2.45 bits per heavy atom. The third-order valence-electron chi connectivity index (χ3n) is 5.79. The van der Waals surface area contributed by atoms with Crippen molar-refractivity contribution in [3.8, 4) is 0 Å². The van der Waals surface area contributed by atoms with Gasteiger partial charge in [0.05, 0.1) is 0 Å². The average Bonchev–Trinajstić information content (AvgIpc) is 3.52. The van der Waals surface area contributed by atoms with Gasteiger partial charge in [-0.05, 0) is 17.5 Å². The second-order valence-corrected chi connectivity index (χ2v) is 8.47. The topological polar surface area (TPSA) is 84.0 Å². The second-order valence-electron chi connectivity index (χ2n) is 7.49. The van der Waals surface area contributed by atoms with E-state index >= 15 is 0 Å². The summed E-state index contributed by atoms with van der Waals surface area (Å²) in [7, 11) is 0. The molecule has 2 atom stereocenters. The van der Waals surface area contributed by atoms with Crippen LogP contribution in [0.3, 0.4) is 0 Å². The summed E-state index contributed by atoms with van der Waals surface area (Å²) in [4.78, 5) is 39.9. The molecule has 0 radical (unpaired) electrons. The third-order valence-corrected chi connectivity index (χ3v) is 6.78. The SMILES string of the molecule is O=C(C[C@H](c1cccs1)[C@@]1(n2ccc(=O)[nH]2)C(=O)Nc2ccccc21)c1ccccc1. The van der Waals surface area contributed by atoms with Crippen molar-refractivity contribution in [2.45, 2.75) is 17.9 Å². The van der Waals surface area contributed by atoms with Crippen molar-refractivity contribution in [2.75, 3.05) is 5.32 Å². The molecule has 4 aromatic rings. The number of ketones is 1. The maximum atomic E-state index is 13.7. The van der Waals surface area contributed by atoms with Gasteiger partial charge in [-0.1, -0.05) is 54.6 Å². The van der Waals surface area contributed by atoms with E-state index in [1.807, 2.05) is 60.0 Å². The van der Waals surface area contributed by atoms with Crippen molar-refractivity contribution in [1.29, 1.82) is 0 Å². The Hall–Kier alpha value is -3.71. The van der Waals surface area contributed by atoms with Gasteiger partial charge in [-0.15, -0.1) is 11.3 Å². The number of aromatic nitrogens is 2. The number of carbonyl (C=O) groups excluding carboxylic acids is 2. The van der Waals surface area contributed by atoms with Crippen LogP contribution in [0.4, 0.5) is 5.69 Å². The number of amides is 1. The normalized spacial score (nSPS) is 18.4. The van der Waals surface area contributed by atoms with Crippen LogP contribution in [0.25, 0.3) is 0 Å². The molecule has 0 saturated carbocycles. The lowest BCUT2D eigenvalue weighted by Gasteiger charge is -2.36. The van der Waals surface area contributed by atoms with E-state index in [1.54, 1.807) is 23.0 Å². The molecule has 154 valence electrons. The van der Waals surface area contributed by atoms with Crippen LogP contribution in [-0.4, -0.2) is 21.5 Å². The van der Waals surface area contributed by atoms with E-state index in [0.717, 1.165) is 10.4 Å². The molecule has 2 aromatic heterocycles. The van der Waals surface area contributed by atoms with E-state index in [2.05, 4.69) is 10.4 Å². The first-order valence-corrected chi connectivity index (χ1v) is 10.8. The highest BCUT2D eigenvalue weighted by Gasteiger charge is 2.55. The monoisotopic (exact) mass is 429 g/mol. The van der Waals surface area contributed by atoms with Crippen LogP contribution >= 0.6 is 11.3 Å². The highest BCUT2D eigenvalue weighted by Crippen LogP contribution is 2.50. The zero-order valence-electron chi connectivity index (χ0n) is 16.4. The number of para-hydroxylation sites is 1. The Balaban J connectivity index is 1.74. The molecule has 0 bridgehead atoms. The minimum atomic E-state index is -1.30. The smallest absolute Gasteiger partial charge is 0.264 e. The fourth-order valence-electron chi connectivity index (χ4n) is 4.43. The lowest BCUT2D eigenvalue weighted by molar-refractivity contribution is -0.123. The first-order chi connectivity index (χ1) is 15.1. The van der Waals surface area contributed by atoms with E-state index in [1.165, 1.54) is 17.4 Å². The van der Waals surface area contributed by atoms with Crippen LogP contribution in [0.2, 0.25) is 0 Å². The van der Waals surface area contributed by atoms with Crippen molar-refractivity contribution in [3.63, 3.8) is 0 Å². The molecule has 1 amide bonds. The van der Waals surface area contributed by atoms with Gasteiger partial charge in [0.1, 0.15) is 0 Å². The third kappa shape index (κ3) is 3.05. The summed E-state index contributed by atoms with van der Waals surface area (Å²) in [5.74, 6) is -0.864. The number of hydrogen-bond acceptors (Lipinski definition) is 4. The first kappa shape index (κ1) is 19.3. The summed E-state index contributed by atoms with van der Waals surface area (Å²) in [6, 6.07) is 21.7. The van der Waals surface area contributed by atoms with Crippen LogP contribution in [0.1, 0.15) is 33.1 Å². The number of nitrogens with zero attached hydrogens (tertiary/aromatic N) is 1. The molecule has 1 aliphatic rings. The molecule has 2 aromatic carbocycles. The molecule has 6 nitrogen and oxygen atoms in total. The van der Waals surface area contributed by atoms with Gasteiger partial charge in [0.2, 0.25) is 0 Å². The molecule has 0 unspecified atom stereocenters. The van der Waals surface area contributed by atoms with Crippen molar-refractivity contribution in [2.24, 2.45) is 0 Å². The van der Waals surface area contributed by atoms with Gasteiger partial charge in [-0.25, -0.2) is 0 Å². The molecule has 0 spiro atoms. The fraction of sp³-hybridized carbons (Fsp3) is 0.125. The fourth-order valence-corrected chi connectivity index (χ4v) is 5.32. The quantitative estimate of drug-likeness (QED) is 0.455. The highest BCUT2D eigenvalue weighted by molar-refractivity contribution is 7.10. The number of hydrogen-bond donors (Lipinski definition) is 2. The second kappa shape index (κ2) is 7.52. The van der Waals surface area contributed by atoms with Crippen LogP contribution in [-0.2, 0) is 10.3 Å². The molecule has 1 aliphatic heterocycles. The average molecular weight is 430 g/mol. The summed E-state index contributed by atoms with van der Waals surface area (Å²) in [5.41, 5.74) is 0.388. The predicted octanol–water partition coefficient (Wildman–Crippen LogP) is 3.99. The molecular weight excluding hydrogens is 410 g/mol. The molecule has 2 N–H and O–H groups in total. The zero-order valence-corrected chi connectivity index (χ0v) is 17.3. The van der Waals surface area contributed by atoms with Crippen LogP contribution < -0.4 is 10.9 Å². The van der Waals surface area contributed by atoms with Crippen LogP contribution in [0.5, 0.6) is 0 Å². The summed E-state index contributed by atoms with van der Waals surface area (Å²) in [5, 5.41) is 7.67. The van der Waals surface area contributed by atoms with Crippen molar-refractivity contribution in [1.82, 2.24) is 9.78 Å². The van der Waals surface area contributed by atoms with Gasteiger partial charge in [0.25, 0.3) is 11.5 Å². The standard InChI is InChI=1S/C24H19N3O3S/c28-20(16-7-2-1-3-8-16)15-18(21-11-6-14-31-21)24(27-13-12-22(29)26-27)17-9-4-5-10-19(17)25-23(24)30/h1-14,18H,15H2,(H,25,30)(H,26,29)/t18-,24-/m1/s1. The lowest BCUT2D eigenvalue weighted by atomic mass is 9.75. The van der Waals surface area contributed by atoms with Gasteiger partial charge < -0.3 is 5.32 Å². The Morgan fingerprint density at radius 1 is 0.968 bits per heavy atom. The van der Waals surface area contributed by atoms with Gasteiger partial charge in [-0.2, -0.15) is 0 Å². The number of Topliss-reactive ketones (excluding diaryl/α,β-unsaturated/α-hetero) is 1. The van der Waals surface area contributed by atoms with Gasteiger partial charge >= 0.3 is 0 Å². The Labute approximate surface area is 182 Å². The minimum Gasteiger partial charge on any atom is -0.323 e. The van der Waals surface area contributed by atoms with Crippen molar-refractivity contribution < 1.29 is 9.59 Å². The number of H-pyrrole nitrogens is 1. The highest BCUT2D eigenvalue weighted by atomic mass is 32.1. The number of thiophene rings is 1. The van der Waals surface area contributed by atoms with Crippen molar-refractivity contribution in [3.05, 3.63) is 111 Å². The first-order valence-electron chi connectivity index (χ1n) is 9.91. The number of nitrogens with one attached hydrogen (secondary N) is 2. The zero-order chi connectivity index (χ0) is 21.4. The van der Waals surface area contributed by atoms with Crippen molar-refractivity contribution >= 4 is 28.7 Å². The molecule has 3 heterocycles. The predicted molar refractivity (Wildman–Crippen MR) is 120 cm³/mol. The molecule has 5 rings (SSSR count). The Kier molecular flexibility index (Phi) is 4.67. The van der Waals surface area contributed by atoms with Gasteiger partial charge in [-0.3, -0.25) is 24.2 Å². The lowest BCUT2D eigenvalue weighted by Crippen LogP contribution is -2.48. The maximum absolute atomic E-state index is 13.7. The van der Waals surface area contributed by atoms with Gasteiger partial charge in [0, 0.05) is 46.3 Å². The maximum Gasteiger partial charge on any atom is 0.264 e. The van der Waals surface area contributed by atoms with E-state index in [9.17, 15) is 14.4 Å². The molecule has 0 saturated heterocycles.